The molecule has 1 N–H and O–H groups in total. The monoisotopic (exact) mass is 362 g/mol. The summed E-state index contributed by atoms with van der Waals surface area (Å²) in [6.07, 6.45) is 0.679. The van der Waals surface area contributed by atoms with Crippen LogP contribution in [0.15, 0.2) is 4.99 Å². The Morgan fingerprint density at radius 3 is 2.62 bits per heavy atom. The molecule has 2 unspecified atom stereocenters. The second-order valence-corrected chi connectivity index (χ2v) is 8.43. The van der Waals surface area contributed by atoms with Crippen molar-refractivity contribution in [3.63, 3.8) is 0 Å². The summed E-state index contributed by atoms with van der Waals surface area (Å²) in [5, 5.41) is 3.24. The predicted molar refractivity (Wildman–Crippen MR) is 94.3 cm³/mol. The third-order valence-corrected chi connectivity index (χ3v) is 6.26. The lowest BCUT2D eigenvalue weighted by molar-refractivity contribution is -0.145. The number of sulfonamides is 1. The fourth-order valence-corrected chi connectivity index (χ4v) is 3.64. The molecule has 1 fully saturated rings. The fourth-order valence-electron chi connectivity index (χ4n) is 2.79. The van der Waals surface area contributed by atoms with Crippen LogP contribution in [0.2, 0.25) is 0 Å². The Morgan fingerprint density at radius 1 is 1.42 bits per heavy atom. The summed E-state index contributed by atoms with van der Waals surface area (Å²) >= 11 is 0. The molecule has 0 amide bonds. The van der Waals surface area contributed by atoms with Crippen molar-refractivity contribution < 1.29 is 17.9 Å². The van der Waals surface area contributed by atoms with Gasteiger partial charge in [0.1, 0.15) is 0 Å². The molecule has 0 aromatic rings. The minimum atomic E-state index is -3.13. The fraction of sp³-hybridized carbons (Fsp3) is 0.867. The zero-order valence-corrected chi connectivity index (χ0v) is 16.1. The summed E-state index contributed by atoms with van der Waals surface area (Å²) in [6, 6.07) is 0. The average Bonchev–Trinajstić information content (AvgIpc) is 2.95. The molecular weight excluding hydrogens is 332 g/mol. The van der Waals surface area contributed by atoms with Gasteiger partial charge in [0.15, 0.2) is 5.96 Å². The minimum absolute atomic E-state index is 0.110. The molecule has 0 saturated carbocycles. The molecule has 24 heavy (non-hydrogen) atoms. The molecule has 9 heteroatoms. The van der Waals surface area contributed by atoms with E-state index in [9.17, 15) is 13.2 Å². The number of guanidine groups is 1. The van der Waals surface area contributed by atoms with Gasteiger partial charge in [0, 0.05) is 40.3 Å². The quantitative estimate of drug-likeness (QED) is 0.296. The van der Waals surface area contributed by atoms with Crippen molar-refractivity contribution in [3.8, 4) is 0 Å². The van der Waals surface area contributed by atoms with E-state index in [0.29, 0.717) is 26.1 Å². The van der Waals surface area contributed by atoms with E-state index in [1.165, 1.54) is 11.4 Å². The smallest absolute Gasteiger partial charge is 0.310 e. The summed E-state index contributed by atoms with van der Waals surface area (Å²) in [7, 11) is 1.57. The summed E-state index contributed by atoms with van der Waals surface area (Å²) in [6.45, 7) is 6.06. The molecule has 1 aliphatic heterocycles. The number of esters is 1. The molecule has 140 valence electrons. The molecule has 8 nitrogen and oxygen atoms in total. The van der Waals surface area contributed by atoms with Crippen LogP contribution in [0.4, 0.5) is 0 Å². The largest absolute Gasteiger partial charge is 0.469 e. The zero-order valence-electron chi connectivity index (χ0n) is 15.3. The molecule has 1 rings (SSSR count). The highest BCUT2D eigenvalue weighted by Gasteiger charge is 2.36. The van der Waals surface area contributed by atoms with Gasteiger partial charge in [-0.15, -0.1) is 0 Å². The summed E-state index contributed by atoms with van der Waals surface area (Å²) < 4.78 is 29.6. The molecule has 1 heterocycles. The SMILES string of the molecule is CCS(=O)(=O)N(C)CCCNC(=NC)N1CC(C)C(C(=O)OC)C1. The number of carbonyl (C=O) groups excluding carboxylic acids is 1. The number of nitrogens with zero attached hydrogens (tertiary/aromatic N) is 3. The Labute approximate surface area is 145 Å². The Kier molecular flexibility index (Phi) is 7.95. The van der Waals surface area contributed by atoms with E-state index in [1.807, 2.05) is 11.8 Å². The second-order valence-electron chi connectivity index (χ2n) is 6.06. The number of likely N-dealkylation sites (tertiary alicyclic amines) is 1. The van der Waals surface area contributed by atoms with Crippen LogP contribution in [0.25, 0.3) is 0 Å². The van der Waals surface area contributed by atoms with Crippen LogP contribution in [0.1, 0.15) is 20.3 Å². The summed E-state index contributed by atoms with van der Waals surface area (Å²) in [5.74, 6) is 0.714. The third-order valence-electron chi connectivity index (χ3n) is 4.40. The molecule has 0 radical (unpaired) electrons. The van der Waals surface area contributed by atoms with E-state index in [2.05, 4.69) is 10.3 Å². The lowest BCUT2D eigenvalue weighted by atomic mass is 9.99. The highest BCUT2D eigenvalue weighted by Crippen LogP contribution is 2.23. The molecule has 2 atom stereocenters. The number of methoxy groups -OCH3 is 1. The Hall–Kier alpha value is -1.35. The molecule has 1 saturated heterocycles. The van der Waals surface area contributed by atoms with Crippen molar-refractivity contribution in [1.29, 1.82) is 0 Å². The lowest BCUT2D eigenvalue weighted by Gasteiger charge is -2.22. The third kappa shape index (κ3) is 5.34. The number of carbonyl (C=O) groups is 1. The maximum atomic E-state index is 11.8. The number of hydrogen-bond acceptors (Lipinski definition) is 5. The lowest BCUT2D eigenvalue weighted by Crippen LogP contribution is -2.41. The Balaban J connectivity index is 2.46. The van der Waals surface area contributed by atoms with E-state index in [1.54, 1.807) is 21.0 Å². The first-order valence-corrected chi connectivity index (χ1v) is 9.85. The summed E-state index contributed by atoms with van der Waals surface area (Å²) in [4.78, 5) is 18.1. The highest BCUT2D eigenvalue weighted by atomic mass is 32.2. The van der Waals surface area contributed by atoms with Crippen molar-refractivity contribution in [2.45, 2.75) is 20.3 Å². The van der Waals surface area contributed by atoms with E-state index in [-0.39, 0.29) is 23.6 Å². The predicted octanol–water partition coefficient (Wildman–Crippen LogP) is -0.0257. The van der Waals surface area contributed by atoms with Gasteiger partial charge in [-0.05, 0) is 19.3 Å². The number of ether oxygens (including phenoxy) is 1. The van der Waals surface area contributed by atoms with Crippen LogP contribution in [-0.4, -0.2) is 82.7 Å². The van der Waals surface area contributed by atoms with E-state index in [0.717, 1.165) is 12.5 Å². The Bertz CT molecular complexity index is 550. The van der Waals surface area contributed by atoms with Crippen LogP contribution < -0.4 is 5.32 Å². The first-order chi connectivity index (χ1) is 11.3. The van der Waals surface area contributed by atoms with Gasteiger partial charge in [-0.25, -0.2) is 12.7 Å². The minimum Gasteiger partial charge on any atom is -0.469 e. The van der Waals surface area contributed by atoms with Crippen LogP contribution in [0.3, 0.4) is 0 Å². The van der Waals surface area contributed by atoms with Gasteiger partial charge < -0.3 is 15.0 Å². The van der Waals surface area contributed by atoms with Gasteiger partial charge in [-0.3, -0.25) is 9.79 Å². The van der Waals surface area contributed by atoms with Gasteiger partial charge in [-0.1, -0.05) is 6.92 Å². The number of rotatable bonds is 7. The van der Waals surface area contributed by atoms with Gasteiger partial charge in [0.05, 0.1) is 18.8 Å². The molecule has 0 spiro atoms. The standard InChI is InChI=1S/C15H30N4O4S/c1-6-24(21,22)18(4)9-7-8-17-15(16-3)19-10-12(2)13(11-19)14(20)23-5/h12-13H,6-11H2,1-5H3,(H,16,17). The maximum Gasteiger partial charge on any atom is 0.310 e. The van der Waals surface area contributed by atoms with Crippen molar-refractivity contribution in [3.05, 3.63) is 0 Å². The van der Waals surface area contributed by atoms with Crippen molar-refractivity contribution in [2.24, 2.45) is 16.8 Å². The second kappa shape index (κ2) is 9.22. The number of aliphatic imine (C=N–C) groups is 1. The van der Waals surface area contributed by atoms with Crippen LogP contribution in [0, 0.1) is 11.8 Å². The molecule has 0 aromatic heterocycles. The highest BCUT2D eigenvalue weighted by molar-refractivity contribution is 7.89. The van der Waals surface area contributed by atoms with Gasteiger partial charge >= 0.3 is 5.97 Å². The van der Waals surface area contributed by atoms with Gasteiger partial charge in [0.25, 0.3) is 0 Å². The number of hydrogen-bond donors (Lipinski definition) is 1. The molecule has 0 aliphatic carbocycles. The molecule has 0 bridgehead atoms. The molecule has 0 aromatic carbocycles. The van der Waals surface area contributed by atoms with Crippen molar-refractivity contribution in [2.75, 3.05) is 53.1 Å². The maximum absolute atomic E-state index is 11.8. The van der Waals surface area contributed by atoms with E-state index < -0.39 is 10.0 Å². The van der Waals surface area contributed by atoms with E-state index in [4.69, 9.17) is 4.74 Å². The van der Waals surface area contributed by atoms with Gasteiger partial charge in [-0.2, -0.15) is 0 Å². The Morgan fingerprint density at radius 2 is 2.08 bits per heavy atom. The van der Waals surface area contributed by atoms with Crippen molar-refractivity contribution in [1.82, 2.24) is 14.5 Å². The number of nitrogens with one attached hydrogen (secondary N) is 1. The van der Waals surface area contributed by atoms with Crippen LogP contribution in [-0.2, 0) is 19.6 Å². The average molecular weight is 362 g/mol. The molecule has 1 aliphatic rings. The first-order valence-electron chi connectivity index (χ1n) is 8.24. The summed E-state index contributed by atoms with van der Waals surface area (Å²) in [5.41, 5.74) is 0. The van der Waals surface area contributed by atoms with E-state index >= 15 is 0 Å². The topological polar surface area (TPSA) is 91.3 Å². The van der Waals surface area contributed by atoms with Crippen molar-refractivity contribution >= 4 is 22.0 Å². The first kappa shape index (κ1) is 20.7. The zero-order chi connectivity index (χ0) is 18.3. The van der Waals surface area contributed by atoms with Crippen LogP contribution >= 0.6 is 0 Å². The molecular formula is C15H30N4O4S. The van der Waals surface area contributed by atoms with Crippen LogP contribution in [0.5, 0.6) is 0 Å². The normalized spacial score (nSPS) is 22.1. The van der Waals surface area contributed by atoms with Gasteiger partial charge in [0.2, 0.25) is 10.0 Å².